The second-order valence-corrected chi connectivity index (χ2v) is 3.27. The third-order valence-corrected chi connectivity index (χ3v) is 2.11. The van der Waals surface area contributed by atoms with E-state index in [-0.39, 0.29) is 23.2 Å². The van der Waals surface area contributed by atoms with Crippen LogP contribution in [0.3, 0.4) is 0 Å². The van der Waals surface area contributed by atoms with E-state index < -0.39 is 5.97 Å². The van der Waals surface area contributed by atoms with Crippen molar-refractivity contribution in [3.8, 4) is 0 Å². The van der Waals surface area contributed by atoms with Crippen molar-refractivity contribution in [1.82, 2.24) is 15.1 Å². The molecule has 0 aliphatic carbocycles. The van der Waals surface area contributed by atoms with E-state index >= 15 is 0 Å². The molecule has 0 aromatic carbocycles. The largest absolute Gasteiger partial charge is 0.478 e. The van der Waals surface area contributed by atoms with Crippen LogP contribution < -0.4 is 5.32 Å². The number of nitrogens with one attached hydrogen (secondary N) is 1. The van der Waals surface area contributed by atoms with Crippen molar-refractivity contribution in [2.45, 2.75) is 19.5 Å². The smallest absolute Gasteiger partial charge is 0.339 e. The van der Waals surface area contributed by atoms with Gasteiger partial charge in [0.05, 0.1) is 12.7 Å². The Labute approximate surface area is 79.5 Å². The fourth-order valence-electron chi connectivity index (χ4n) is 1.52. The average molecular weight is 195 g/mol. The predicted molar refractivity (Wildman–Crippen MR) is 46.1 cm³/mol. The van der Waals surface area contributed by atoms with Gasteiger partial charge in [-0.1, -0.05) is 0 Å². The number of aromatic nitrogens is 2. The highest BCUT2D eigenvalue weighted by atomic mass is 16.4. The first-order valence-corrected chi connectivity index (χ1v) is 4.19. The Hall–Kier alpha value is -1.85. The van der Waals surface area contributed by atoms with Gasteiger partial charge in [-0.05, 0) is 6.92 Å². The van der Waals surface area contributed by atoms with Crippen LogP contribution in [0.1, 0.15) is 27.8 Å². The summed E-state index contributed by atoms with van der Waals surface area (Å²) in [5.74, 6) is -1.50. The van der Waals surface area contributed by atoms with E-state index in [0.717, 1.165) is 0 Å². The van der Waals surface area contributed by atoms with E-state index in [1.54, 1.807) is 0 Å². The lowest BCUT2D eigenvalue weighted by atomic mass is 10.2. The molecule has 74 valence electrons. The second-order valence-electron chi connectivity index (χ2n) is 3.27. The van der Waals surface area contributed by atoms with E-state index in [1.165, 1.54) is 10.9 Å². The van der Waals surface area contributed by atoms with Crippen molar-refractivity contribution in [1.29, 1.82) is 0 Å². The van der Waals surface area contributed by atoms with Crippen molar-refractivity contribution >= 4 is 11.9 Å². The van der Waals surface area contributed by atoms with Crippen LogP contribution in [-0.2, 0) is 6.54 Å². The first-order valence-electron chi connectivity index (χ1n) is 4.19. The zero-order valence-corrected chi connectivity index (χ0v) is 7.52. The van der Waals surface area contributed by atoms with Gasteiger partial charge in [0, 0.05) is 6.04 Å². The molecule has 1 aromatic rings. The van der Waals surface area contributed by atoms with Crippen molar-refractivity contribution in [2.24, 2.45) is 0 Å². The van der Waals surface area contributed by atoms with E-state index in [1.807, 2.05) is 6.92 Å². The molecule has 1 aromatic heterocycles. The summed E-state index contributed by atoms with van der Waals surface area (Å²) >= 11 is 0. The molecular formula is C8H9N3O3. The summed E-state index contributed by atoms with van der Waals surface area (Å²) in [5.41, 5.74) is 0.0880. The molecule has 1 atom stereocenters. The zero-order chi connectivity index (χ0) is 10.3. The van der Waals surface area contributed by atoms with E-state index in [0.29, 0.717) is 6.54 Å². The average Bonchev–Trinajstić information content (AvgIpc) is 2.47. The minimum Gasteiger partial charge on any atom is -0.478 e. The molecule has 2 N–H and O–H groups in total. The number of nitrogens with zero attached hydrogens (tertiary/aromatic N) is 2. The summed E-state index contributed by atoms with van der Waals surface area (Å²) < 4.78 is 1.42. The number of rotatable bonds is 1. The maximum atomic E-state index is 11.4. The van der Waals surface area contributed by atoms with Crippen molar-refractivity contribution in [3.63, 3.8) is 0 Å². The number of aromatic carboxylic acids is 1. The Morgan fingerprint density at radius 3 is 3.14 bits per heavy atom. The zero-order valence-electron chi connectivity index (χ0n) is 7.52. The molecule has 1 amide bonds. The molecule has 0 radical (unpaired) electrons. The number of fused-ring (bicyclic) bond motifs is 1. The van der Waals surface area contributed by atoms with Gasteiger partial charge in [0.1, 0.15) is 11.3 Å². The van der Waals surface area contributed by atoms with Gasteiger partial charge in [0.2, 0.25) is 0 Å². The fraction of sp³-hybridized carbons (Fsp3) is 0.375. The maximum absolute atomic E-state index is 11.4. The van der Waals surface area contributed by atoms with Crippen molar-refractivity contribution < 1.29 is 14.7 Å². The molecule has 6 heteroatoms. The lowest BCUT2D eigenvalue weighted by molar-refractivity contribution is 0.0688. The van der Waals surface area contributed by atoms with E-state index in [2.05, 4.69) is 10.4 Å². The van der Waals surface area contributed by atoms with Gasteiger partial charge < -0.3 is 10.4 Å². The highest BCUT2D eigenvalue weighted by Crippen LogP contribution is 2.13. The normalized spacial score (nSPS) is 20.1. The number of carboxylic acid groups (broad SMARTS) is 1. The lowest BCUT2D eigenvalue weighted by Crippen LogP contribution is -2.43. The van der Waals surface area contributed by atoms with Gasteiger partial charge in [0.25, 0.3) is 5.91 Å². The molecule has 1 aliphatic rings. The third kappa shape index (κ3) is 1.15. The molecule has 0 saturated heterocycles. The highest BCUT2D eigenvalue weighted by molar-refractivity contribution is 6.03. The Balaban J connectivity index is 2.52. The van der Waals surface area contributed by atoms with E-state index in [4.69, 9.17) is 5.11 Å². The minimum atomic E-state index is -1.13. The molecule has 14 heavy (non-hydrogen) atoms. The molecule has 2 heterocycles. The molecule has 0 fully saturated rings. The summed E-state index contributed by atoms with van der Waals surface area (Å²) in [6, 6.07) is -0.0171. The Morgan fingerprint density at radius 1 is 1.79 bits per heavy atom. The minimum absolute atomic E-state index is 0.0171. The predicted octanol–water partition coefficient (Wildman–Crippen LogP) is -0.287. The van der Waals surface area contributed by atoms with Crippen LogP contribution in [0.25, 0.3) is 0 Å². The summed E-state index contributed by atoms with van der Waals surface area (Å²) in [4.78, 5) is 22.2. The summed E-state index contributed by atoms with van der Waals surface area (Å²) in [6.07, 6.45) is 1.20. The van der Waals surface area contributed by atoms with Crippen LogP contribution in [0.2, 0.25) is 0 Å². The number of carbonyl (C=O) groups is 2. The summed E-state index contributed by atoms with van der Waals surface area (Å²) in [5, 5.41) is 15.3. The van der Waals surface area contributed by atoms with Gasteiger partial charge in [-0.2, -0.15) is 5.10 Å². The quantitative estimate of drug-likeness (QED) is 0.645. The monoisotopic (exact) mass is 195 g/mol. The molecule has 0 bridgehead atoms. The van der Waals surface area contributed by atoms with Gasteiger partial charge in [-0.3, -0.25) is 9.48 Å². The van der Waals surface area contributed by atoms with Gasteiger partial charge in [-0.25, -0.2) is 4.79 Å². The van der Waals surface area contributed by atoms with Gasteiger partial charge in [0.15, 0.2) is 0 Å². The molecular weight excluding hydrogens is 186 g/mol. The number of hydrogen-bond donors (Lipinski definition) is 2. The van der Waals surface area contributed by atoms with Crippen LogP contribution in [0.5, 0.6) is 0 Å². The molecule has 1 unspecified atom stereocenters. The Bertz CT molecular complexity index is 410. The van der Waals surface area contributed by atoms with Crippen LogP contribution in [0.15, 0.2) is 6.20 Å². The van der Waals surface area contributed by atoms with Gasteiger partial charge >= 0.3 is 5.97 Å². The fourth-order valence-corrected chi connectivity index (χ4v) is 1.52. The second kappa shape index (κ2) is 2.83. The van der Waals surface area contributed by atoms with Crippen LogP contribution >= 0.6 is 0 Å². The standard InChI is InChI=1S/C8H9N3O3/c1-4-3-11-6(7(12)10-4)5(2-9-11)8(13)14/h2,4H,3H2,1H3,(H,10,12)(H,13,14). The number of hydrogen-bond acceptors (Lipinski definition) is 3. The summed E-state index contributed by atoms with van der Waals surface area (Å²) in [6.45, 7) is 2.34. The summed E-state index contributed by atoms with van der Waals surface area (Å²) in [7, 11) is 0. The third-order valence-electron chi connectivity index (χ3n) is 2.11. The topological polar surface area (TPSA) is 84.2 Å². The van der Waals surface area contributed by atoms with Gasteiger partial charge in [-0.15, -0.1) is 0 Å². The molecule has 1 aliphatic heterocycles. The Morgan fingerprint density at radius 2 is 2.50 bits per heavy atom. The number of carboxylic acids is 1. The highest BCUT2D eigenvalue weighted by Gasteiger charge is 2.28. The Kier molecular flexibility index (Phi) is 1.77. The van der Waals surface area contributed by atoms with Crippen molar-refractivity contribution in [2.75, 3.05) is 0 Å². The van der Waals surface area contributed by atoms with Crippen LogP contribution in [0.4, 0.5) is 0 Å². The maximum Gasteiger partial charge on any atom is 0.339 e. The molecule has 0 saturated carbocycles. The van der Waals surface area contributed by atoms with Crippen LogP contribution in [-0.4, -0.2) is 32.8 Å². The lowest BCUT2D eigenvalue weighted by Gasteiger charge is -2.21. The number of amides is 1. The first kappa shape index (κ1) is 8.74. The van der Waals surface area contributed by atoms with E-state index in [9.17, 15) is 9.59 Å². The van der Waals surface area contributed by atoms with Crippen LogP contribution in [0, 0.1) is 0 Å². The molecule has 2 rings (SSSR count). The molecule has 6 nitrogen and oxygen atoms in total. The first-order chi connectivity index (χ1) is 6.59. The SMILES string of the molecule is CC1Cn2ncc(C(=O)O)c2C(=O)N1. The van der Waals surface area contributed by atoms with Crippen molar-refractivity contribution in [3.05, 3.63) is 17.5 Å². The number of carbonyl (C=O) groups excluding carboxylic acids is 1. The molecule has 0 spiro atoms.